The normalized spacial score (nSPS) is 20.7. The van der Waals surface area contributed by atoms with Gasteiger partial charge in [0, 0.05) is 39.3 Å². The van der Waals surface area contributed by atoms with Gasteiger partial charge in [0.1, 0.15) is 5.76 Å². The molecule has 0 bridgehead atoms. The molecule has 2 aliphatic rings. The highest BCUT2D eigenvalue weighted by Crippen LogP contribution is 2.12. The summed E-state index contributed by atoms with van der Waals surface area (Å²) in [4.78, 5) is 30.7. The molecule has 1 unspecified atom stereocenters. The maximum Gasteiger partial charge on any atom is 0.236 e. The summed E-state index contributed by atoms with van der Waals surface area (Å²) in [5.74, 6) is 0.890. The van der Waals surface area contributed by atoms with Crippen LogP contribution in [0.1, 0.15) is 18.7 Å². The number of hydrogen-bond acceptors (Lipinski definition) is 6. The molecule has 0 aromatic carbocycles. The van der Waals surface area contributed by atoms with Crippen LogP contribution in [0.15, 0.2) is 22.8 Å². The van der Waals surface area contributed by atoms with Crippen molar-refractivity contribution in [1.29, 1.82) is 0 Å². The van der Waals surface area contributed by atoms with Gasteiger partial charge in [0.05, 0.1) is 38.6 Å². The van der Waals surface area contributed by atoms with E-state index in [0.29, 0.717) is 39.4 Å². The van der Waals surface area contributed by atoms with Crippen LogP contribution in [0, 0.1) is 0 Å². The van der Waals surface area contributed by atoms with Gasteiger partial charge in [0.15, 0.2) is 0 Å². The number of carbonyl (C=O) groups excluding carboxylic acids is 2. The van der Waals surface area contributed by atoms with Gasteiger partial charge in [0.25, 0.3) is 0 Å². The van der Waals surface area contributed by atoms with Gasteiger partial charge in [-0.1, -0.05) is 0 Å². The molecule has 1 aromatic rings. The molecule has 8 heteroatoms. The highest BCUT2D eigenvalue weighted by molar-refractivity contribution is 5.79. The topological polar surface area (TPSA) is 78.3 Å². The van der Waals surface area contributed by atoms with Crippen molar-refractivity contribution in [3.05, 3.63) is 24.2 Å². The second-order valence-corrected chi connectivity index (χ2v) is 6.85. The van der Waals surface area contributed by atoms with Crippen LogP contribution in [-0.2, 0) is 14.3 Å². The quantitative estimate of drug-likeness (QED) is 0.762. The Kier molecular flexibility index (Phi) is 6.65. The summed E-state index contributed by atoms with van der Waals surface area (Å²) in [6, 6.07) is 3.52. The van der Waals surface area contributed by atoms with Crippen molar-refractivity contribution in [3.63, 3.8) is 0 Å². The van der Waals surface area contributed by atoms with E-state index in [1.807, 2.05) is 24.0 Å². The van der Waals surface area contributed by atoms with Crippen molar-refractivity contribution >= 4 is 11.8 Å². The van der Waals surface area contributed by atoms with Crippen LogP contribution >= 0.6 is 0 Å². The molecule has 26 heavy (non-hydrogen) atoms. The van der Waals surface area contributed by atoms with E-state index >= 15 is 0 Å². The molecule has 3 heterocycles. The predicted molar refractivity (Wildman–Crippen MR) is 95.5 cm³/mol. The van der Waals surface area contributed by atoms with E-state index < -0.39 is 0 Å². The fourth-order valence-electron chi connectivity index (χ4n) is 3.30. The number of piperazine rings is 1. The van der Waals surface area contributed by atoms with Crippen LogP contribution in [0.5, 0.6) is 0 Å². The molecule has 2 fully saturated rings. The zero-order chi connectivity index (χ0) is 18.4. The molecule has 1 atom stereocenters. The molecule has 0 spiro atoms. The second kappa shape index (κ2) is 9.16. The predicted octanol–water partition coefficient (Wildman–Crippen LogP) is -0.0668. The molecule has 144 valence electrons. The summed E-state index contributed by atoms with van der Waals surface area (Å²) in [7, 11) is 0. The van der Waals surface area contributed by atoms with Crippen molar-refractivity contribution in [1.82, 2.24) is 20.0 Å². The lowest BCUT2D eigenvalue weighted by atomic mass is 10.2. The number of amides is 2. The zero-order valence-corrected chi connectivity index (χ0v) is 15.4. The second-order valence-electron chi connectivity index (χ2n) is 6.85. The van der Waals surface area contributed by atoms with Gasteiger partial charge >= 0.3 is 0 Å². The first-order valence-electron chi connectivity index (χ1n) is 9.25. The lowest BCUT2D eigenvalue weighted by Crippen LogP contribution is -2.53. The molecule has 1 aromatic heterocycles. The van der Waals surface area contributed by atoms with Crippen molar-refractivity contribution in [2.45, 2.75) is 13.0 Å². The summed E-state index contributed by atoms with van der Waals surface area (Å²) in [5, 5.41) is 2.94. The average molecular weight is 364 g/mol. The number of hydrogen-bond donors (Lipinski definition) is 1. The smallest absolute Gasteiger partial charge is 0.236 e. The fraction of sp³-hybridized carbons (Fsp3) is 0.667. The van der Waals surface area contributed by atoms with E-state index in [9.17, 15) is 9.59 Å². The summed E-state index contributed by atoms with van der Waals surface area (Å²) < 4.78 is 10.6. The van der Waals surface area contributed by atoms with E-state index in [2.05, 4.69) is 15.1 Å². The Balaban J connectivity index is 1.36. The number of rotatable bonds is 6. The number of nitrogens with zero attached hydrogens (tertiary/aromatic N) is 3. The number of morpholine rings is 1. The first-order valence-corrected chi connectivity index (χ1v) is 9.25. The van der Waals surface area contributed by atoms with Crippen LogP contribution in [-0.4, -0.2) is 92.1 Å². The van der Waals surface area contributed by atoms with Gasteiger partial charge in [-0.3, -0.25) is 19.4 Å². The third-order valence-electron chi connectivity index (χ3n) is 4.90. The Morgan fingerprint density at radius 3 is 2.42 bits per heavy atom. The first-order chi connectivity index (χ1) is 12.6. The average Bonchev–Trinajstić information content (AvgIpc) is 3.18. The van der Waals surface area contributed by atoms with E-state index in [1.54, 1.807) is 6.26 Å². The van der Waals surface area contributed by atoms with Crippen LogP contribution in [0.4, 0.5) is 0 Å². The maximum absolute atomic E-state index is 12.4. The largest absolute Gasteiger partial charge is 0.467 e. The Morgan fingerprint density at radius 2 is 1.77 bits per heavy atom. The summed E-state index contributed by atoms with van der Waals surface area (Å²) >= 11 is 0. The highest BCUT2D eigenvalue weighted by Gasteiger charge is 2.24. The Labute approximate surface area is 154 Å². The highest BCUT2D eigenvalue weighted by atomic mass is 16.5. The van der Waals surface area contributed by atoms with Crippen molar-refractivity contribution < 1.29 is 18.7 Å². The van der Waals surface area contributed by atoms with E-state index in [-0.39, 0.29) is 17.9 Å². The minimum Gasteiger partial charge on any atom is -0.467 e. The standard InChI is InChI=1S/C18H28N4O4/c1-15(16-3-2-10-26-16)19-17(23)13-20-4-6-22(7-5-20)18(24)14-21-8-11-25-12-9-21/h2-3,10,15H,4-9,11-14H2,1H3,(H,19,23). The molecular weight excluding hydrogens is 336 g/mol. The maximum atomic E-state index is 12.4. The first kappa shape index (κ1) is 18.9. The molecule has 0 radical (unpaired) electrons. The summed E-state index contributed by atoms with van der Waals surface area (Å²) in [5.41, 5.74) is 0. The number of ether oxygens (including phenoxy) is 1. The van der Waals surface area contributed by atoms with Gasteiger partial charge in [-0.2, -0.15) is 0 Å². The number of nitrogens with one attached hydrogen (secondary N) is 1. The molecule has 0 saturated carbocycles. The van der Waals surface area contributed by atoms with Gasteiger partial charge in [-0.25, -0.2) is 0 Å². The molecule has 3 rings (SSSR count). The van der Waals surface area contributed by atoms with Gasteiger partial charge < -0.3 is 19.4 Å². The fourth-order valence-corrected chi connectivity index (χ4v) is 3.30. The summed E-state index contributed by atoms with van der Waals surface area (Å²) in [6.45, 7) is 8.53. The van der Waals surface area contributed by atoms with E-state index in [4.69, 9.17) is 9.15 Å². The van der Waals surface area contributed by atoms with Gasteiger partial charge in [-0.15, -0.1) is 0 Å². The Hall–Kier alpha value is -1.90. The SMILES string of the molecule is CC(NC(=O)CN1CCN(C(=O)CN2CCOCC2)CC1)c1ccco1. The molecular formula is C18H28N4O4. The number of furan rings is 1. The van der Waals surface area contributed by atoms with E-state index in [1.165, 1.54) is 0 Å². The van der Waals surface area contributed by atoms with Crippen molar-refractivity contribution in [3.8, 4) is 0 Å². The monoisotopic (exact) mass is 364 g/mol. The van der Waals surface area contributed by atoms with Crippen molar-refractivity contribution in [2.75, 3.05) is 65.6 Å². The van der Waals surface area contributed by atoms with Gasteiger partial charge in [0.2, 0.25) is 11.8 Å². The number of carbonyl (C=O) groups is 2. The zero-order valence-electron chi connectivity index (χ0n) is 15.4. The molecule has 2 aliphatic heterocycles. The van der Waals surface area contributed by atoms with Crippen LogP contribution in [0.25, 0.3) is 0 Å². The third-order valence-corrected chi connectivity index (χ3v) is 4.90. The van der Waals surface area contributed by atoms with E-state index in [0.717, 1.165) is 31.9 Å². The van der Waals surface area contributed by atoms with Gasteiger partial charge in [-0.05, 0) is 19.1 Å². The molecule has 8 nitrogen and oxygen atoms in total. The summed E-state index contributed by atoms with van der Waals surface area (Å²) in [6.07, 6.45) is 1.60. The molecule has 1 N–H and O–H groups in total. The Morgan fingerprint density at radius 1 is 1.08 bits per heavy atom. The molecule has 2 amide bonds. The van der Waals surface area contributed by atoms with Crippen LogP contribution in [0.3, 0.4) is 0 Å². The van der Waals surface area contributed by atoms with Crippen LogP contribution < -0.4 is 5.32 Å². The minimum atomic E-state index is -0.145. The lowest BCUT2D eigenvalue weighted by molar-refractivity contribution is -0.135. The molecule has 0 aliphatic carbocycles. The van der Waals surface area contributed by atoms with Crippen molar-refractivity contribution in [2.24, 2.45) is 0 Å². The third kappa shape index (κ3) is 5.30. The molecule has 2 saturated heterocycles. The minimum absolute atomic E-state index is 0.0259. The lowest BCUT2D eigenvalue weighted by Gasteiger charge is -2.36. The Bertz CT molecular complexity index is 578. The van der Waals surface area contributed by atoms with Crippen LogP contribution in [0.2, 0.25) is 0 Å².